The number of halogens is 1. The van der Waals surface area contributed by atoms with Gasteiger partial charge in [0.1, 0.15) is 5.82 Å². The Balaban J connectivity index is 2.23. The molecule has 2 amide bonds. The molecule has 1 aromatic rings. The quantitative estimate of drug-likeness (QED) is 0.876. The smallest absolute Gasteiger partial charge is 0.323 e. The zero-order valence-electron chi connectivity index (χ0n) is 12.4. The maximum absolute atomic E-state index is 13.0. The zero-order chi connectivity index (χ0) is 15.2. The summed E-state index contributed by atoms with van der Waals surface area (Å²) in [5, 5.41) is 5.48. The molecule has 0 aromatic heterocycles. The van der Waals surface area contributed by atoms with E-state index in [-0.39, 0.29) is 11.8 Å². The largest absolute Gasteiger partial charge is 0.343 e. The van der Waals surface area contributed by atoms with Gasteiger partial charge in [0.15, 0.2) is 6.17 Å². The first-order chi connectivity index (χ1) is 10.1. The molecular formula is C15H21FN4O. The van der Waals surface area contributed by atoms with Gasteiger partial charge in [0.2, 0.25) is 5.96 Å². The van der Waals surface area contributed by atoms with E-state index in [1.807, 2.05) is 0 Å². The summed E-state index contributed by atoms with van der Waals surface area (Å²) in [6, 6.07) is 5.72. The molecule has 1 heterocycles. The van der Waals surface area contributed by atoms with Crippen molar-refractivity contribution in [3.05, 3.63) is 35.6 Å². The normalized spacial score (nSPS) is 17.8. The Morgan fingerprint density at radius 2 is 1.81 bits per heavy atom. The summed E-state index contributed by atoms with van der Waals surface area (Å²) in [6.07, 6.45) is 1.47. The molecule has 2 rings (SSSR count). The van der Waals surface area contributed by atoms with Crippen LogP contribution in [0.4, 0.5) is 9.18 Å². The molecule has 6 heteroatoms. The number of aliphatic imine (C=N–C) groups is 1. The van der Waals surface area contributed by atoms with Crippen LogP contribution in [0.15, 0.2) is 29.3 Å². The van der Waals surface area contributed by atoms with E-state index in [4.69, 9.17) is 0 Å². The van der Waals surface area contributed by atoms with Crippen molar-refractivity contribution in [1.29, 1.82) is 0 Å². The maximum atomic E-state index is 13.0. The van der Waals surface area contributed by atoms with Crippen molar-refractivity contribution >= 4 is 12.0 Å². The van der Waals surface area contributed by atoms with Crippen molar-refractivity contribution in [3.63, 3.8) is 0 Å². The van der Waals surface area contributed by atoms with Gasteiger partial charge in [-0.15, -0.1) is 0 Å². The van der Waals surface area contributed by atoms with Gasteiger partial charge >= 0.3 is 6.03 Å². The van der Waals surface area contributed by atoms with Gasteiger partial charge in [-0.3, -0.25) is 5.32 Å². The highest BCUT2D eigenvalue weighted by Crippen LogP contribution is 2.17. The van der Waals surface area contributed by atoms with Gasteiger partial charge < -0.3 is 10.2 Å². The van der Waals surface area contributed by atoms with Crippen LogP contribution in [0.3, 0.4) is 0 Å². The Labute approximate surface area is 124 Å². The summed E-state index contributed by atoms with van der Waals surface area (Å²) in [5.41, 5.74) is 0.761. The Hall–Kier alpha value is -2.11. The first-order valence-corrected chi connectivity index (χ1v) is 7.29. The molecule has 1 atom stereocenters. The van der Waals surface area contributed by atoms with E-state index in [9.17, 15) is 9.18 Å². The average molecular weight is 292 g/mol. The number of carbonyl (C=O) groups excluding carboxylic acids is 1. The third kappa shape index (κ3) is 3.93. The molecule has 21 heavy (non-hydrogen) atoms. The maximum Gasteiger partial charge on any atom is 0.323 e. The van der Waals surface area contributed by atoms with Gasteiger partial charge in [0.05, 0.1) is 0 Å². The highest BCUT2D eigenvalue weighted by Gasteiger charge is 2.23. The van der Waals surface area contributed by atoms with E-state index in [1.165, 1.54) is 12.1 Å². The molecule has 1 aliphatic rings. The lowest BCUT2D eigenvalue weighted by Gasteiger charge is -2.30. The third-order valence-electron chi connectivity index (χ3n) is 3.22. The topological polar surface area (TPSA) is 56.7 Å². The number of nitrogens with zero attached hydrogens (tertiary/aromatic N) is 2. The monoisotopic (exact) mass is 292 g/mol. The minimum absolute atomic E-state index is 0.286. The lowest BCUT2D eigenvalue weighted by atomic mass is 10.1. The Bertz CT molecular complexity index is 509. The number of rotatable bonds is 5. The molecule has 0 bridgehead atoms. The van der Waals surface area contributed by atoms with Gasteiger partial charge in [-0.2, -0.15) is 0 Å². The molecule has 1 aliphatic heterocycles. The Morgan fingerprint density at radius 1 is 1.19 bits per heavy atom. The predicted molar refractivity (Wildman–Crippen MR) is 80.4 cm³/mol. The van der Waals surface area contributed by atoms with Crippen LogP contribution in [0, 0.1) is 5.82 Å². The van der Waals surface area contributed by atoms with Crippen LogP contribution in [-0.2, 0) is 0 Å². The number of hydrogen-bond acceptors (Lipinski definition) is 3. The van der Waals surface area contributed by atoms with Crippen LogP contribution in [-0.4, -0.2) is 30.0 Å². The van der Waals surface area contributed by atoms with E-state index in [0.717, 1.165) is 31.5 Å². The molecule has 0 radical (unpaired) electrons. The molecule has 0 saturated carbocycles. The SMILES string of the molecule is CCCN(CCC)C1=NC(c2ccc(F)cc2)NC(=O)N1. The summed E-state index contributed by atoms with van der Waals surface area (Å²) in [5.74, 6) is 0.276. The van der Waals surface area contributed by atoms with Gasteiger partial charge in [0.25, 0.3) is 0 Å². The van der Waals surface area contributed by atoms with Gasteiger partial charge in [-0.25, -0.2) is 14.2 Å². The lowest BCUT2D eigenvalue weighted by molar-refractivity contribution is 0.237. The second-order valence-corrected chi connectivity index (χ2v) is 4.99. The summed E-state index contributed by atoms with van der Waals surface area (Å²) in [4.78, 5) is 18.4. The summed E-state index contributed by atoms with van der Waals surface area (Å²) >= 11 is 0. The van der Waals surface area contributed by atoms with Gasteiger partial charge in [0, 0.05) is 13.1 Å². The van der Waals surface area contributed by atoms with Gasteiger partial charge in [-0.1, -0.05) is 26.0 Å². The van der Waals surface area contributed by atoms with Crippen LogP contribution in [0.25, 0.3) is 0 Å². The minimum atomic E-state index is -0.481. The summed E-state index contributed by atoms with van der Waals surface area (Å²) < 4.78 is 13.0. The molecular weight excluding hydrogens is 271 g/mol. The number of urea groups is 1. The number of nitrogens with one attached hydrogen (secondary N) is 2. The van der Waals surface area contributed by atoms with Crippen molar-refractivity contribution in [2.24, 2.45) is 4.99 Å². The number of benzene rings is 1. The van der Waals surface area contributed by atoms with E-state index < -0.39 is 6.17 Å². The van der Waals surface area contributed by atoms with Crippen LogP contribution in [0.5, 0.6) is 0 Å². The van der Waals surface area contributed by atoms with E-state index in [0.29, 0.717) is 5.96 Å². The number of carbonyl (C=O) groups is 1. The van der Waals surface area contributed by atoms with Crippen molar-refractivity contribution < 1.29 is 9.18 Å². The summed E-state index contributed by atoms with van der Waals surface area (Å²) in [6.45, 7) is 5.85. The first kappa shape index (κ1) is 15.3. The average Bonchev–Trinajstić information content (AvgIpc) is 2.47. The second kappa shape index (κ2) is 7.06. The lowest BCUT2D eigenvalue weighted by Crippen LogP contribution is -2.53. The summed E-state index contributed by atoms with van der Waals surface area (Å²) in [7, 11) is 0. The van der Waals surface area contributed by atoms with Crippen LogP contribution >= 0.6 is 0 Å². The second-order valence-electron chi connectivity index (χ2n) is 4.99. The van der Waals surface area contributed by atoms with Crippen LogP contribution in [0.1, 0.15) is 38.4 Å². The fourth-order valence-corrected chi connectivity index (χ4v) is 2.28. The van der Waals surface area contributed by atoms with Crippen molar-refractivity contribution in [1.82, 2.24) is 15.5 Å². The molecule has 114 valence electrons. The fourth-order valence-electron chi connectivity index (χ4n) is 2.28. The molecule has 1 unspecified atom stereocenters. The molecule has 2 N–H and O–H groups in total. The van der Waals surface area contributed by atoms with E-state index >= 15 is 0 Å². The minimum Gasteiger partial charge on any atom is -0.343 e. The standard InChI is InChI=1S/C15H21FN4O/c1-3-9-20(10-4-2)14-17-13(18-15(21)19-14)11-5-7-12(16)8-6-11/h5-8,13H,3-4,9-10H2,1-2H3,(H2,17,18,19,21). The third-order valence-corrected chi connectivity index (χ3v) is 3.22. The molecule has 5 nitrogen and oxygen atoms in total. The number of amides is 2. The van der Waals surface area contributed by atoms with E-state index in [1.54, 1.807) is 12.1 Å². The molecule has 1 aromatic carbocycles. The molecule has 0 spiro atoms. The Morgan fingerprint density at radius 3 is 2.38 bits per heavy atom. The van der Waals surface area contributed by atoms with Crippen LogP contribution in [0.2, 0.25) is 0 Å². The van der Waals surface area contributed by atoms with Crippen molar-refractivity contribution in [2.75, 3.05) is 13.1 Å². The molecule has 0 saturated heterocycles. The van der Waals surface area contributed by atoms with Crippen molar-refractivity contribution in [2.45, 2.75) is 32.9 Å². The first-order valence-electron chi connectivity index (χ1n) is 7.29. The highest BCUT2D eigenvalue weighted by atomic mass is 19.1. The zero-order valence-corrected chi connectivity index (χ0v) is 12.4. The molecule has 0 aliphatic carbocycles. The fraction of sp³-hybridized carbons (Fsp3) is 0.467. The van der Waals surface area contributed by atoms with Crippen LogP contribution < -0.4 is 10.6 Å². The molecule has 0 fully saturated rings. The number of hydrogen-bond donors (Lipinski definition) is 2. The highest BCUT2D eigenvalue weighted by molar-refractivity contribution is 5.98. The number of guanidine groups is 1. The van der Waals surface area contributed by atoms with E-state index in [2.05, 4.69) is 34.4 Å². The van der Waals surface area contributed by atoms with Gasteiger partial charge in [-0.05, 0) is 30.5 Å². The predicted octanol–water partition coefficient (Wildman–Crippen LogP) is 2.62. The Kier molecular flexibility index (Phi) is 5.14. The van der Waals surface area contributed by atoms with Crippen molar-refractivity contribution in [3.8, 4) is 0 Å².